The molecule has 2 aliphatic rings. The number of ketones is 1. The van der Waals surface area contributed by atoms with Gasteiger partial charge in [-0.15, -0.1) is 23.2 Å². The molecule has 2 aromatic rings. The zero-order chi connectivity index (χ0) is 21.6. The fraction of sp³-hybridized carbons (Fsp3) is 0.364. The van der Waals surface area contributed by atoms with Gasteiger partial charge in [0.2, 0.25) is 5.91 Å². The summed E-state index contributed by atoms with van der Waals surface area (Å²) in [4.78, 5) is 25.4. The van der Waals surface area contributed by atoms with Crippen molar-refractivity contribution in [2.75, 3.05) is 5.32 Å². The molecule has 2 aromatic carbocycles. The predicted molar refractivity (Wildman–Crippen MR) is 124 cm³/mol. The van der Waals surface area contributed by atoms with Gasteiger partial charge in [0.1, 0.15) is 4.33 Å². The van der Waals surface area contributed by atoms with Gasteiger partial charge in [-0.25, -0.2) is 0 Å². The minimum absolute atomic E-state index is 0.0232. The number of halogens is 5. The first kappa shape index (κ1) is 22.2. The Balaban J connectivity index is 1.48. The molecule has 1 amide bonds. The van der Waals surface area contributed by atoms with Crippen LogP contribution in [0.1, 0.15) is 47.5 Å². The van der Waals surface area contributed by atoms with Gasteiger partial charge in [-0.1, -0.05) is 47.6 Å². The number of carbonyl (C=O) groups is 2. The second-order valence-electron chi connectivity index (χ2n) is 7.92. The lowest BCUT2D eigenvalue weighted by Crippen LogP contribution is -2.17. The van der Waals surface area contributed by atoms with E-state index < -0.39 is 16.2 Å². The molecule has 158 valence electrons. The van der Waals surface area contributed by atoms with Gasteiger partial charge >= 0.3 is 0 Å². The van der Waals surface area contributed by atoms with Crippen molar-refractivity contribution >= 4 is 75.4 Å². The molecular formula is C22H18Cl5NO2. The van der Waals surface area contributed by atoms with Crippen LogP contribution in [0.2, 0.25) is 15.1 Å². The third-order valence-corrected chi connectivity index (χ3v) is 7.30. The summed E-state index contributed by atoms with van der Waals surface area (Å²) in [6, 6.07) is 9.86. The Morgan fingerprint density at radius 3 is 2.30 bits per heavy atom. The highest BCUT2D eigenvalue weighted by Crippen LogP contribution is 2.65. The number of hydrogen-bond donors (Lipinski definition) is 1. The second kappa shape index (κ2) is 8.52. The van der Waals surface area contributed by atoms with Crippen LogP contribution in [0.5, 0.6) is 0 Å². The Labute approximate surface area is 200 Å². The molecule has 1 N–H and O–H groups in total. The van der Waals surface area contributed by atoms with Crippen molar-refractivity contribution in [1.82, 2.24) is 0 Å². The summed E-state index contributed by atoms with van der Waals surface area (Å²) < 4.78 is -1.27. The number of carbonyl (C=O) groups excluding carboxylic acids is 2. The first-order valence-electron chi connectivity index (χ1n) is 9.64. The maximum Gasteiger partial charge on any atom is 0.231 e. The summed E-state index contributed by atoms with van der Waals surface area (Å²) in [6.07, 6.45) is 3.71. The number of amides is 1. The molecular weight excluding hydrogens is 488 g/mol. The average Bonchev–Trinajstić information content (AvgIpc) is 3.56. The maximum absolute atomic E-state index is 12.9. The zero-order valence-corrected chi connectivity index (χ0v) is 19.5. The van der Waals surface area contributed by atoms with Crippen LogP contribution in [-0.2, 0) is 4.79 Å². The predicted octanol–water partition coefficient (Wildman–Crippen LogP) is 7.55. The third kappa shape index (κ3) is 4.76. The van der Waals surface area contributed by atoms with E-state index in [0.717, 1.165) is 6.42 Å². The van der Waals surface area contributed by atoms with E-state index >= 15 is 0 Å². The maximum atomic E-state index is 12.9. The smallest absolute Gasteiger partial charge is 0.231 e. The van der Waals surface area contributed by atoms with Crippen molar-refractivity contribution in [1.29, 1.82) is 0 Å². The van der Waals surface area contributed by atoms with Crippen molar-refractivity contribution in [3.8, 4) is 0 Å². The number of anilines is 1. The van der Waals surface area contributed by atoms with E-state index in [4.69, 9.17) is 58.0 Å². The van der Waals surface area contributed by atoms with E-state index in [1.165, 1.54) is 12.8 Å². The van der Waals surface area contributed by atoms with Crippen LogP contribution in [0.4, 0.5) is 5.69 Å². The minimum Gasteiger partial charge on any atom is -0.326 e. The standard InChI is InChI=1S/C22H18Cl5NO2/c23-13-7-12(8-14(24)9-13)19-20(22(19,26)27)21(30)28-15-4-5-17(25)16(10-15)18(29)6-3-11-1-2-11/h4-5,7-11,19-20H,1-3,6H2,(H,28,30). The van der Waals surface area contributed by atoms with Crippen molar-refractivity contribution < 1.29 is 9.59 Å². The molecule has 8 heteroatoms. The second-order valence-corrected chi connectivity index (χ2v) is 10.6. The minimum atomic E-state index is -1.27. The molecule has 2 saturated carbocycles. The molecule has 0 aromatic heterocycles. The highest BCUT2D eigenvalue weighted by molar-refractivity contribution is 6.53. The Hall–Kier alpha value is -0.970. The summed E-state index contributed by atoms with van der Waals surface area (Å²) in [6.45, 7) is 0. The highest BCUT2D eigenvalue weighted by Gasteiger charge is 2.67. The van der Waals surface area contributed by atoms with E-state index in [1.807, 2.05) is 0 Å². The van der Waals surface area contributed by atoms with Gasteiger partial charge in [0, 0.05) is 33.6 Å². The molecule has 0 heterocycles. The summed E-state index contributed by atoms with van der Waals surface area (Å²) in [5.74, 6) is -0.836. The molecule has 30 heavy (non-hydrogen) atoms. The van der Waals surface area contributed by atoms with Gasteiger partial charge < -0.3 is 5.32 Å². The Morgan fingerprint density at radius 1 is 1.00 bits per heavy atom. The Morgan fingerprint density at radius 2 is 1.67 bits per heavy atom. The van der Waals surface area contributed by atoms with E-state index in [-0.39, 0.29) is 11.7 Å². The fourth-order valence-corrected chi connectivity index (χ4v) is 5.33. The number of alkyl halides is 2. The van der Waals surface area contributed by atoms with Crippen LogP contribution in [0.3, 0.4) is 0 Å². The number of hydrogen-bond acceptors (Lipinski definition) is 2. The summed E-state index contributed by atoms with van der Waals surface area (Å²) >= 11 is 31.1. The van der Waals surface area contributed by atoms with Gasteiger partial charge in [-0.3, -0.25) is 9.59 Å². The molecule has 0 bridgehead atoms. The lowest BCUT2D eigenvalue weighted by atomic mass is 10.0. The van der Waals surface area contributed by atoms with E-state index in [0.29, 0.717) is 44.2 Å². The first-order valence-corrected chi connectivity index (χ1v) is 11.5. The van der Waals surface area contributed by atoms with Gasteiger partial charge in [0.15, 0.2) is 5.78 Å². The first-order chi connectivity index (χ1) is 14.2. The monoisotopic (exact) mass is 503 g/mol. The molecule has 4 rings (SSSR count). The Bertz CT molecular complexity index is 998. The molecule has 0 radical (unpaired) electrons. The van der Waals surface area contributed by atoms with Crippen LogP contribution < -0.4 is 5.32 Å². The number of nitrogens with one attached hydrogen (secondary N) is 1. The van der Waals surface area contributed by atoms with Crippen LogP contribution in [0.15, 0.2) is 36.4 Å². The topological polar surface area (TPSA) is 46.2 Å². The lowest BCUT2D eigenvalue weighted by molar-refractivity contribution is -0.117. The van der Waals surface area contributed by atoms with Gasteiger partial charge in [0.25, 0.3) is 0 Å². The largest absolute Gasteiger partial charge is 0.326 e. The summed E-state index contributed by atoms with van der Waals surface area (Å²) in [5.41, 5.74) is 1.58. The number of Topliss-reactive ketones (excluding diaryl/α,β-unsaturated/α-hetero) is 1. The lowest BCUT2D eigenvalue weighted by Gasteiger charge is -2.09. The van der Waals surface area contributed by atoms with Crippen molar-refractivity contribution in [3.63, 3.8) is 0 Å². The molecule has 3 nitrogen and oxygen atoms in total. The van der Waals surface area contributed by atoms with E-state index in [1.54, 1.807) is 36.4 Å². The molecule has 2 unspecified atom stereocenters. The zero-order valence-electron chi connectivity index (χ0n) is 15.7. The number of rotatable bonds is 7. The van der Waals surface area contributed by atoms with Crippen LogP contribution >= 0.6 is 58.0 Å². The van der Waals surface area contributed by atoms with Crippen LogP contribution in [0.25, 0.3) is 0 Å². The Kier molecular flexibility index (Phi) is 6.31. The van der Waals surface area contributed by atoms with Crippen LogP contribution in [-0.4, -0.2) is 16.0 Å². The molecule has 0 aliphatic heterocycles. The quantitative estimate of drug-likeness (QED) is 0.312. The average molecular weight is 506 g/mol. The van der Waals surface area contributed by atoms with Gasteiger partial charge in [0.05, 0.1) is 10.9 Å². The summed E-state index contributed by atoms with van der Waals surface area (Å²) in [5, 5.41) is 4.06. The van der Waals surface area contributed by atoms with Gasteiger partial charge in [-0.05, 0) is 54.3 Å². The molecule has 2 atom stereocenters. The van der Waals surface area contributed by atoms with E-state index in [9.17, 15) is 9.59 Å². The fourth-order valence-electron chi connectivity index (χ4n) is 3.74. The molecule has 2 fully saturated rings. The molecule has 0 saturated heterocycles. The normalized spacial score (nSPS) is 21.9. The van der Waals surface area contributed by atoms with Crippen molar-refractivity contribution in [2.45, 2.75) is 35.9 Å². The SMILES string of the molecule is O=C(CCC1CC1)c1cc(NC(=O)C2C(c3cc(Cl)cc(Cl)c3)C2(Cl)Cl)ccc1Cl. The van der Waals surface area contributed by atoms with Crippen LogP contribution in [0, 0.1) is 11.8 Å². The number of benzene rings is 2. The van der Waals surface area contributed by atoms with Crippen molar-refractivity contribution in [2.24, 2.45) is 11.8 Å². The summed E-state index contributed by atoms with van der Waals surface area (Å²) in [7, 11) is 0. The van der Waals surface area contributed by atoms with Gasteiger partial charge in [-0.2, -0.15) is 0 Å². The third-order valence-electron chi connectivity index (χ3n) is 5.59. The molecule has 2 aliphatic carbocycles. The van der Waals surface area contributed by atoms with Crippen molar-refractivity contribution in [3.05, 3.63) is 62.6 Å². The van der Waals surface area contributed by atoms with E-state index in [2.05, 4.69) is 5.32 Å². The molecule has 0 spiro atoms. The highest BCUT2D eigenvalue weighted by atomic mass is 35.5.